The predicted octanol–water partition coefficient (Wildman–Crippen LogP) is 2.33. The molecule has 0 saturated carbocycles. The minimum absolute atomic E-state index is 0.625. The average Bonchev–Trinajstić information content (AvgIpc) is 2.29. The number of rotatable bonds is 0. The van der Waals surface area contributed by atoms with Crippen LogP contribution in [0.2, 0.25) is 0 Å². The fourth-order valence-electron chi connectivity index (χ4n) is 0.0204. The van der Waals surface area contributed by atoms with Crippen LogP contribution in [0.4, 0.5) is 7.10 Å². The summed E-state index contributed by atoms with van der Waals surface area (Å²) in [4.78, 5) is 1.31. The minimum atomic E-state index is -5.19. The Morgan fingerprint density at radius 2 is 1.07 bits per heavy atom. The van der Waals surface area contributed by atoms with Gasteiger partial charge in [-0.25, -0.2) is 0 Å². The van der Waals surface area contributed by atoms with Crippen LogP contribution in [0.3, 0.4) is 0 Å². The summed E-state index contributed by atoms with van der Waals surface area (Å²) in [6.45, 7) is 3.64. The van der Waals surface area contributed by atoms with E-state index in [0.29, 0.717) is 22.8 Å². The molecule has 0 unspecified atom stereocenters. The third-order valence-electron chi connectivity index (χ3n) is 0.546. The van der Waals surface area contributed by atoms with E-state index in [4.69, 9.17) is 21.0 Å². The molecule has 82 valence electrons. The van der Waals surface area contributed by atoms with E-state index < -0.39 is 13.8 Å². The molecule has 0 N–H and O–H groups in total. The Morgan fingerprint density at radius 3 is 1.07 bits per heavy atom. The first-order chi connectivity index (χ1) is 6.95. The SMILES string of the molecule is CCC#N.CCC#N.N#C[Se](F)(F)C#N. The second kappa shape index (κ2) is 14.8. The number of halogens is 2. The topological polar surface area (TPSA) is 95.2 Å². The van der Waals surface area contributed by atoms with Gasteiger partial charge in [0.2, 0.25) is 0 Å². The molecule has 0 aromatic heterocycles. The number of nitriles is 4. The van der Waals surface area contributed by atoms with Gasteiger partial charge in [-0.1, -0.05) is 13.8 Å². The van der Waals surface area contributed by atoms with Crippen LogP contribution in [0, 0.1) is 43.1 Å². The van der Waals surface area contributed by atoms with Crippen molar-refractivity contribution >= 4 is 13.8 Å². The molecule has 4 nitrogen and oxygen atoms in total. The normalized spacial score (nSPS) is 8.00. The molecule has 7 heteroatoms. The van der Waals surface area contributed by atoms with E-state index in [2.05, 4.69) is 0 Å². The van der Waals surface area contributed by atoms with Gasteiger partial charge >= 0.3 is 41.3 Å². The van der Waals surface area contributed by atoms with Crippen molar-refractivity contribution in [1.82, 2.24) is 0 Å². The number of hydrogen-bond donors (Lipinski definition) is 0. The molecule has 0 aliphatic carbocycles. The van der Waals surface area contributed by atoms with Crippen LogP contribution in [0.25, 0.3) is 0 Å². The van der Waals surface area contributed by atoms with Crippen LogP contribution in [-0.2, 0) is 0 Å². The van der Waals surface area contributed by atoms with E-state index in [1.807, 2.05) is 26.0 Å². The van der Waals surface area contributed by atoms with Crippen molar-refractivity contribution in [2.45, 2.75) is 26.7 Å². The van der Waals surface area contributed by atoms with Gasteiger partial charge in [0.05, 0.1) is 12.1 Å². The van der Waals surface area contributed by atoms with Gasteiger partial charge < -0.3 is 0 Å². The maximum atomic E-state index is 11.3. The third kappa shape index (κ3) is 32.8. The second-order valence-corrected chi connectivity index (χ2v) is 4.41. The van der Waals surface area contributed by atoms with E-state index in [1.165, 1.54) is 0 Å². The zero-order valence-corrected chi connectivity index (χ0v) is 10.1. The van der Waals surface area contributed by atoms with Crippen molar-refractivity contribution in [1.29, 1.82) is 21.0 Å². The van der Waals surface area contributed by atoms with Gasteiger partial charge in [0.1, 0.15) is 0 Å². The zero-order valence-electron chi connectivity index (χ0n) is 8.37. The summed E-state index contributed by atoms with van der Waals surface area (Å²) in [5, 5.41) is 30.1. The molecule has 15 heavy (non-hydrogen) atoms. The summed E-state index contributed by atoms with van der Waals surface area (Å²) in [6, 6.07) is 3.86. The van der Waals surface area contributed by atoms with Crippen LogP contribution >= 0.6 is 0 Å². The molecule has 0 aromatic rings. The Labute approximate surface area is 91.1 Å². The molecule has 0 aromatic carbocycles. The van der Waals surface area contributed by atoms with E-state index in [1.54, 1.807) is 0 Å². The summed E-state index contributed by atoms with van der Waals surface area (Å²) in [5.41, 5.74) is 0. The molecule has 0 aliphatic rings. The molecule has 0 spiro atoms. The van der Waals surface area contributed by atoms with Gasteiger partial charge in [0.25, 0.3) is 0 Å². The predicted molar refractivity (Wildman–Crippen MR) is 51.0 cm³/mol. The Balaban J connectivity index is -0.000000155. The van der Waals surface area contributed by atoms with Gasteiger partial charge in [-0.2, -0.15) is 10.5 Å². The summed E-state index contributed by atoms with van der Waals surface area (Å²) in [5.74, 6) is 0. The van der Waals surface area contributed by atoms with E-state index in [-0.39, 0.29) is 0 Å². The van der Waals surface area contributed by atoms with Crippen molar-refractivity contribution in [3.63, 3.8) is 0 Å². The fraction of sp³-hybridized carbons (Fsp3) is 0.500. The molecule has 0 atom stereocenters. The van der Waals surface area contributed by atoms with Crippen LogP contribution < -0.4 is 0 Å². The summed E-state index contributed by atoms with van der Waals surface area (Å²) in [6.07, 6.45) is 1.25. The van der Waals surface area contributed by atoms with E-state index in [0.717, 1.165) is 0 Å². The first kappa shape index (κ1) is 19.0. The van der Waals surface area contributed by atoms with Crippen LogP contribution in [0.5, 0.6) is 0 Å². The molecule has 0 rings (SSSR count). The molecule has 0 heterocycles. The van der Waals surface area contributed by atoms with Crippen LogP contribution in [0.15, 0.2) is 0 Å². The Bertz CT molecular complexity index is 273. The number of hydrogen-bond acceptors (Lipinski definition) is 4. The molecular weight excluding hydrogens is 269 g/mol. The molecule has 0 saturated heterocycles. The average molecular weight is 279 g/mol. The van der Waals surface area contributed by atoms with Crippen molar-refractivity contribution in [3.8, 4) is 22.1 Å². The molecular formula is C8H10F2N4Se. The second-order valence-electron chi connectivity index (χ2n) is 1.67. The fourth-order valence-corrected chi connectivity index (χ4v) is 0.106. The quantitative estimate of drug-likeness (QED) is 0.636. The first-order valence-corrected chi connectivity index (χ1v) is 6.74. The molecule has 0 bridgehead atoms. The van der Waals surface area contributed by atoms with Crippen LogP contribution in [-0.4, -0.2) is 13.8 Å². The molecule has 0 radical (unpaired) electrons. The zero-order chi connectivity index (χ0) is 12.7. The van der Waals surface area contributed by atoms with Gasteiger partial charge in [-0.15, -0.1) is 0 Å². The van der Waals surface area contributed by atoms with Gasteiger partial charge in [0, 0.05) is 12.8 Å². The summed E-state index contributed by atoms with van der Waals surface area (Å²) >= 11 is -5.19. The van der Waals surface area contributed by atoms with Crippen molar-refractivity contribution in [2.24, 2.45) is 0 Å². The summed E-state index contributed by atoms with van der Waals surface area (Å²) < 4.78 is 22.6. The monoisotopic (exact) mass is 280 g/mol. The Morgan fingerprint density at radius 1 is 0.867 bits per heavy atom. The summed E-state index contributed by atoms with van der Waals surface area (Å²) in [7, 11) is 0. The molecule has 0 amide bonds. The number of nitrogens with zero attached hydrogens (tertiary/aromatic N) is 4. The van der Waals surface area contributed by atoms with Gasteiger partial charge in [-0.05, 0) is 0 Å². The van der Waals surface area contributed by atoms with Crippen molar-refractivity contribution in [3.05, 3.63) is 0 Å². The Kier molecular flexibility index (Phi) is 18.8. The first-order valence-electron chi connectivity index (χ1n) is 3.73. The molecule has 0 fully saturated rings. The standard InChI is InChI=1S/2C3H5N.C2F2N2Se/c2*1-2-3-4;3-7(4,1-5)2-6/h2*2H2,1H3;. The van der Waals surface area contributed by atoms with E-state index >= 15 is 0 Å². The van der Waals surface area contributed by atoms with Gasteiger partial charge in [0.15, 0.2) is 0 Å². The van der Waals surface area contributed by atoms with Crippen molar-refractivity contribution < 1.29 is 7.10 Å². The Hall–Kier alpha value is -1.66. The van der Waals surface area contributed by atoms with Crippen LogP contribution in [0.1, 0.15) is 26.7 Å². The van der Waals surface area contributed by atoms with E-state index in [9.17, 15) is 7.10 Å². The maximum absolute atomic E-state index is 11.3. The van der Waals surface area contributed by atoms with Gasteiger partial charge in [-0.3, -0.25) is 0 Å². The molecule has 0 aliphatic heterocycles. The third-order valence-corrected chi connectivity index (χ3v) is 1.51. The van der Waals surface area contributed by atoms with Crippen molar-refractivity contribution in [2.75, 3.05) is 0 Å².